The van der Waals surface area contributed by atoms with Crippen LogP contribution in [0.4, 0.5) is 5.69 Å². The van der Waals surface area contributed by atoms with Gasteiger partial charge in [-0.2, -0.15) is 0 Å². The Kier molecular flexibility index (Phi) is 2.15. The van der Waals surface area contributed by atoms with Crippen LogP contribution in [0.3, 0.4) is 0 Å². The van der Waals surface area contributed by atoms with Crippen LogP contribution in [0.15, 0.2) is 18.2 Å². The zero-order valence-corrected chi connectivity index (χ0v) is 9.40. The van der Waals surface area contributed by atoms with Gasteiger partial charge >= 0.3 is 0 Å². The molecule has 2 nitrogen and oxygen atoms in total. The van der Waals surface area contributed by atoms with Crippen molar-refractivity contribution in [3.63, 3.8) is 0 Å². The van der Waals surface area contributed by atoms with Crippen LogP contribution in [0.25, 0.3) is 0 Å². The van der Waals surface area contributed by atoms with Gasteiger partial charge in [-0.05, 0) is 37.6 Å². The quantitative estimate of drug-likeness (QED) is 0.705. The van der Waals surface area contributed by atoms with E-state index >= 15 is 0 Å². The molecule has 2 aliphatic heterocycles. The third-order valence-electron chi connectivity index (χ3n) is 3.75. The van der Waals surface area contributed by atoms with Crippen molar-refractivity contribution < 1.29 is 0 Å². The summed E-state index contributed by atoms with van der Waals surface area (Å²) in [7, 11) is 0. The van der Waals surface area contributed by atoms with Crippen LogP contribution in [-0.2, 0) is 5.41 Å². The van der Waals surface area contributed by atoms with E-state index in [0.29, 0.717) is 5.41 Å². The highest BCUT2D eigenvalue weighted by Crippen LogP contribution is 2.45. The van der Waals surface area contributed by atoms with Gasteiger partial charge in [0, 0.05) is 12.0 Å². The van der Waals surface area contributed by atoms with E-state index in [-0.39, 0.29) is 0 Å². The van der Waals surface area contributed by atoms with Gasteiger partial charge in [-0.15, -0.1) is 0 Å². The van der Waals surface area contributed by atoms with Crippen molar-refractivity contribution in [2.45, 2.75) is 18.3 Å². The molecular formula is C12H15ClN2. The van der Waals surface area contributed by atoms with Crippen molar-refractivity contribution in [1.29, 1.82) is 0 Å². The lowest BCUT2D eigenvalue weighted by Gasteiger charge is -2.33. The first-order chi connectivity index (χ1) is 7.32. The van der Waals surface area contributed by atoms with E-state index in [4.69, 9.17) is 11.6 Å². The van der Waals surface area contributed by atoms with Gasteiger partial charge in [0.2, 0.25) is 0 Å². The van der Waals surface area contributed by atoms with E-state index < -0.39 is 0 Å². The number of anilines is 1. The molecule has 2 aliphatic rings. The smallest absolute Gasteiger partial charge is 0.0640 e. The lowest BCUT2D eigenvalue weighted by Crippen LogP contribution is -2.41. The number of hydrogen-bond donors (Lipinski definition) is 2. The Morgan fingerprint density at radius 2 is 2.00 bits per heavy atom. The Morgan fingerprint density at radius 1 is 1.20 bits per heavy atom. The standard InChI is InChI=1S/C12H15ClN2/c13-10-3-1-2-9-11(10)15-8-12(9)4-6-14-7-5-12/h1-3,14-15H,4-8H2. The predicted molar refractivity (Wildman–Crippen MR) is 63.7 cm³/mol. The highest BCUT2D eigenvalue weighted by Gasteiger charge is 2.40. The first kappa shape index (κ1) is 9.49. The monoisotopic (exact) mass is 222 g/mol. The minimum absolute atomic E-state index is 0.339. The van der Waals surface area contributed by atoms with Crippen LogP contribution in [0.1, 0.15) is 18.4 Å². The van der Waals surface area contributed by atoms with Crippen molar-refractivity contribution in [2.75, 3.05) is 25.0 Å². The van der Waals surface area contributed by atoms with Gasteiger partial charge in [-0.3, -0.25) is 0 Å². The van der Waals surface area contributed by atoms with E-state index in [0.717, 1.165) is 24.7 Å². The highest BCUT2D eigenvalue weighted by atomic mass is 35.5. The maximum absolute atomic E-state index is 6.19. The molecule has 1 saturated heterocycles. The van der Waals surface area contributed by atoms with Crippen LogP contribution >= 0.6 is 11.6 Å². The molecule has 2 heterocycles. The van der Waals surface area contributed by atoms with Gasteiger partial charge in [-0.25, -0.2) is 0 Å². The minimum Gasteiger partial charge on any atom is -0.383 e. The van der Waals surface area contributed by atoms with Crippen LogP contribution < -0.4 is 10.6 Å². The summed E-state index contributed by atoms with van der Waals surface area (Å²) in [4.78, 5) is 0. The molecule has 0 unspecified atom stereocenters. The van der Waals surface area contributed by atoms with Gasteiger partial charge in [-0.1, -0.05) is 23.7 Å². The fraction of sp³-hybridized carbons (Fsp3) is 0.500. The summed E-state index contributed by atoms with van der Waals surface area (Å²) in [5.74, 6) is 0. The minimum atomic E-state index is 0.339. The molecule has 1 spiro atoms. The number of fused-ring (bicyclic) bond motifs is 2. The van der Waals surface area contributed by atoms with Crippen molar-refractivity contribution in [1.82, 2.24) is 5.32 Å². The molecule has 0 aliphatic carbocycles. The van der Waals surface area contributed by atoms with E-state index in [1.54, 1.807) is 0 Å². The summed E-state index contributed by atoms with van der Waals surface area (Å²) in [6.07, 6.45) is 2.43. The average molecular weight is 223 g/mol. The van der Waals surface area contributed by atoms with E-state index in [1.807, 2.05) is 6.07 Å². The molecule has 0 atom stereocenters. The average Bonchev–Trinajstić information content (AvgIpc) is 2.61. The molecule has 1 aromatic rings. The van der Waals surface area contributed by atoms with Crippen LogP contribution in [0.5, 0.6) is 0 Å². The summed E-state index contributed by atoms with van der Waals surface area (Å²) in [5, 5.41) is 7.75. The summed E-state index contributed by atoms with van der Waals surface area (Å²) in [6, 6.07) is 6.26. The normalized spacial score (nSPS) is 22.5. The second-order valence-electron chi connectivity index (χ2n) is 4.55. The maximum Gasteiger partial charge on any atom is 0.0640 e. The van der Waals surface area contributed by atoms with Crippen molar-refractivity contribution >= 4 is 17.3 Å². The lowest BCUT2D eigenvalue weighted by atomic mass is 9.75. The van der Waals surface area contributed by atoms with E-state index in [1.165, 1.54) is 24.1 Å². The van der Waals surface area contributed by atoms with Crippen molar-refractivity contribution in [2.24, 2.45) is 0 Å². The number of piperidine rings is 1. The van der Waals surface area contributed by atoms with Crippen molar-refractivity contribution in [3.05, 3.63) is 28.8 Å². The Morgan fingerprint density at radius 3 is 2.80 bits per heavy atom. The molecule has 80 valence electrons. The van der Waals surface area contributed by atoms with Gasteiger partial charge in [0.1, 0.15) is 0 Å². The summed E-state index contributed by atoms with van der Waals surface area (Å²) in [6.45, 7) is 3.29. The summed E-state index contributed by atoms with van der Waals surface area (Å²) >= 11 is 6.19. The lowest BCUT2D eigenvalue weighted by molar-refractivity contribution is 0.335. The summed E-state index contributed by atoms with van der Waals surface area (Å²) < 4.78 is 0. The SMILES string of the molecule is Clc1cccc2c1NCC21CCNCC1. The highest BCUT2D eigenvalue weighted by molar-refractivity contribution is 6.33. The Balaban J connectivity index is 2.06. The van der Waals surface area contributed by atoms with Gasteiger partial charge in [0.15, 0.2) is 0 Å². The van der Waals surface area contributed by atoms with Gasteiger partial charge in [0.05, 0.1) is 10.7 Å². The van der Waals surface area contributed by atoms with E-state index in [9.17, 15) is 0 Å². The molecule has 1 aromatic carbocycles. The third kappa shape index (κ3) is 1.35. The number of rotatable bonds is 0. The van der Waals surface area contributed by atoms with Gasteiger partial charge in [0.25, 0.3) is 0 Å². The van der Waals surface area contributed by atoms with Crippen LogP contribution in [-0.4, -0.2) is 19.6 Å². The van der Waals surface area contributed by atoms with Crippen LogP contribution in [0, 0.1) is 0 Å². The number of benzene rings is 1. The zero-order chi connectivity index (χ0) is 10.3. The molecule has 0 bridgehead atoms. The van der Waals surface area contributed by atoms with Crippen LogP contribution in [0.2, 0.25) is 5.02 Å². The first-order valence-electron chi connectivity index (χ1n) is 5.55. The second kappa shape index (κ2) is 3.39. The molecular weight excluding hydrogens is 208 g/mol. The number of halogens is 1. The molecule has 3 heteroatoms. The Bertz CT molecular complexity index is 383. The van der Waals surface area contributed by atoms with E-state index in [2.05, 4.69) is 22.8 Å². The van der Waals surface area contributed by atoms with Crippen molar-refractivity contribution in [3.8, 4) is 0 Å². The number of nitrogens with one attached hydrogen (secondary N) is 2. The van der Waals surface area contributed by atoms with Gasteiger partial charge < -0.3 is 10.6 Å². The summed E-state index contributed by atoms with van der Waals surface area (Å²) in [5.41, 5.74) is 2.93. The Labute approximate surface area is 95.0 Å². The fourth-order valence-electron chi connectivity index (χ4n) is 2.85. The third-order valence-corrected chi connectivity index (χ3v) is 4.06. The Hall–Kier alpha value is -0.730. The largest absolute Gasteiger partial charge is 0.383 e. The molecule has 0 saturated carbocycles. The second-order valence-corrected chi connectivity index (χ2v) is 4.95. The number of hydrogen-bond acceptors (Lipinski definition) is 2. The molecule has 0 amide bonds. The molecule has 2 N–H and O–H groups in total. The molecule has 0 aromatic heterocycles. The molecule has 1 fully saturated rings. The fourth-order valence-corrected chi connectivity index (χ4v) is 3.09. The molecule has 0 radical (unpaired) electrons. The predicted octanol–water partition coefficient (Wildman–Crippen LogP) is 2.39. The molecule has 15 heavy (non-hydrogen) atoms. The zero-order valence-electron chi connectivity index (χ0n) is 8.65. The topological polar surface area (TPSA) is 24.1 Å². The maximum atomic E-state index is 6.19. The number of para-hydroxylation sites is 1. The first-order valence-corrected chi connectivity index (χ1v) is 5.93. The molecule has 3 rings (SSSR count).